The zero-order valence-electron chi connectivity index (χ0n) is 22.7. The minimum absolute atomic E-state index is 0.0207. The van der Waals surface area contributed by atoms with E-state index in [-0.39, 0.29) is 29.8 Å². The van der Waals surface area contributed by atoms with E-state index in [9.17, 15) is 18.3 Å². The Morgan fingerprint density at radius 3 is 2.24 bits per heavy atom. The number of benzene rings is 3. The van der Waals surface area contributed by atoms with Gasteiger partial charge in [0.25, 0.3) is 5.91 Å². The van der Waals surface area contributed by atoms with Gasteiger partial charge in [-0.1, -0.05) is 61.9 Å². The molecule has 0 aromatic heterocycles. The summed E-state index contributed by atoms with van der Waals surface area (Å²) in [7, 11) is -2.39. The number of aryl methyl sites for hydroxylation is 2. The van der Waals surface area contributed by atoms with Crippen LogP contribution in [0.3, 0.4) is 0 Å². The van der Waals surface area contributed by atoms with Crippen LogP contribution < -0.4 is 10.1 Å². The van der Waals surface area contributed by atoms with Gasteiger partial charge in [0.2, 0.25) is 10.0 Å². The highest BCUT2D eigenvalue weighted by molar-refractivity contribution is 7.89. The number of methoxy groups -OCH3 is 1. The van der Waals surface area contributed by atoms with E-state index in [1.807, 2.05) is 76.2 Å². The van der Waals surface area contributed by atoms with E-state index < -0.39 is 22.2 Å². The van der Waals surface area contributed by atoms with Crippen LogP contribution in [0.25, 0.3) is 0 Å². The molecule has 8 heteroatoms. The van der Waals surface area contributed by atoms with E-state index in [4.69, 9.17) is 4.74 Å². The number of carbonyl (C=O) groups is 1. The van der Waals surface area contributed by atoms with Gasteiger partial charge in [-0.25, -0.2) is 8.42 Å². The molecular weight excluding hydrogens is 500 g/mol. The maximum atomic E-state index is 13.6. The molecule has 204 valence electrons. The number of nitrogens with zero attached hydrogens (tertiary/aromatic N) is 1. The topological polar surface area (TPSA) is 95.9 Å². The molecule has 3 rings (SSSR count). The van der Waals surface area contributed by atoms with Crippen LogP contribution in [-0.2, 0) is 16.4 Å². The number of rotatable bonds is 12. The Labute approximate surface area is 226 Å². The number of hydrogen-bond donors (Lipinski definition) is 2. The minimum atomic E-state index is -3.91. The Morgan fingerprint density at radius 1 is 0.974 bits per heavy atom. The standard InChI is InChI=1S/C30H38N2O5S/c1-21(2)19-32(38(35,36)26-15-13-25(37-5)14-16-26)20-29(33)28(18-24-9-7-6-8-10-24)31-30(34)27-17-22(3)11-12-23(27)4/h6-17,21,28-29,33H,18-20H2,1-5H3,(H,31,34)/t28-,29+/m0/s1. The van der Waals surface area contributed by atoms with Gasteiger partial charge < -0.3 is 15.2 Å². The second-order valence-corrected chi connectivity index (χ2v) is 12.0. The van der Waals surface area contributed by atoms with Gasteiger partial charge in [-0.15, -0.1) is 0 Å². The normalized spacial score (nSPS) is 13.4. The lowest BCUT2D eigenvalue weighted by Gasteiger charge is -2.31. The molecule has 0 radical (unpaired) electrons. The van der Waals surface area contributed by atoms with Gasteiger partial charge >= 0.3 is 0 Å². The highest BCUT2D eigenvalue weighted by atomic mass is 32.2. The van der Waals surface area contributed by atoms with Gasteiger partial charge in [0, 0.05) is 18.7 Å². The highest BCUT2D eigenvalue weighted by Gasteiger charge is 2.31. The largest absolute Gasteiger partial charge is 0.497 e. The van der Waals surface area contributed by atoms with Crippen molar-refractivity contribution in [2.45, 2.75) is 51.2 Å². The second-order valence-electron chi connectivity index (χ2n) is 10.0. The summed E-state index contributed by atoms with van der Waals surface area (Å²) in [5, 5.41) is 14.4. The highest BCUT2D eigenvalue weighted by Crippen LogP contribution is 2.22. The Bertz CT molecular complexity index is 1310. The van der Waals surface area contributed by atoms with E-state index in [2.05, 4.69) is 5.32 Å². The first-order valence-electron chi connectivity index (χ1n) is 12.8. The van der Waals surface area contributed by atoms with E-state index in [1.165, 1.54) is 23.5 Å². The first-order chi connectivity index (χ1) is 18.0. The van der Waals surface area contributed by atoms with Crippen molar-refractivity contribution in [3.63, 3.8) is 0 Å². The first kappa shape index (κ1) is 29.4. The summed E-state index contributed by atoms with van der Waals surface area (Å²) in [4.78, 5) is 13.4. The lowest BCUT2D eigenvalue weighted by atomic mass is 9.99. The molecule has 3 aromatic carbocycles. The third-order valence-corrected chi connectivity index (χ3v) is 8.22. The fourth-order valence-electron chi connectivity index (χ4n) is 4.29. The van der Waals surface area contributed by atoms with E-state index in [0.29, 0.717) is 17.7 Å². The maximum absolute atomic E-state index is 13.6. The lowest BCUT2D eigenvalue weighted by molar-refractivity contribution is 0.0775. The number of ether oxygens (including phenoxy) is 1. The molecule has 38 heavy (non-hydrogen) atoms. The zero-order chi connectivity index (χ0) is 27.9. The van der Waals surface area contributed by atoms with Crippen molar-refractivity contribution in [2.24, 2.45) is 5.92 Å². The second kappa shape index (κ2) is 13.0. The van der Waals surface area contributed by atoms with Gasteiger partial charge in [-0.2, -0.15) is 4.31 Å². The van der Waals surface area contributed by atoms with Crippen molar-refractivity contribution in [2.75, 3.05) is 20.2 Å². The van der Waals surface area contributed by atoms with Crippen LogP contribution in [0.4, 0.5) is 0 Å². The quantitative estimate of drug-likeness (QED) is 0.357. The molecule has 1 amide bonds. The number of sulfonamides is 1. The molecular formula is C30H38N2O5S. The van der Waals surface area contributed by atoms with Crippen molar-refractivity contribution in [1.29, 1.82) is 0 Å². The average Bonchev–Trinajstić information content (AvgIpc) is 2.89. The van der Waals surface area contributed by atoms with E-state index >= 15 is 0 Å². The molecule has 0 aliphatic rings. The van der Waals surface area contributed by atoms with Crippen LogP contribution in [0.15, 0.2) is 77.7 Å². The first-order valence-corrected chi connectivity index (χ1v) is 14.2. The van der Waals surface area contributed by atoms with Crippen LogP contribution in [0.1, 0.15) is 40.9 Å². The summed E-state index contributed by atoms with van der Waals surface area (Å²) in [5.41, 5.74) is 3.23. The minimum Gasteiger partial charge on any atom is -0.497 e. The zero-order valence-corrected chi connectivity index (χ0v) is 23.5. The van der Waals surface area contributed by atoms with Gasteiger partial charge in [-0.3, -0.25) is 4.79 Å². The summed E-state index contributed by atoms with van der Waals surface area (Å²) < 4.78 is 33.7. The average molecular weight is 539 g/mol. The molecule has 3 aromatic rings. The van der Waals surface area contributed by atoms with Crippen LogP contribution in [0, 0.1) is 19.8 Å². The number of aliphatic hydroxyl groups is 1. The summed E-state index contributed by atoms with van der Waals surface area (Å²) in [5.74, 6) is 0.267. The number of carbonyl (C=O) groups excluding carboxylic acids is 1. The predicted molar refractivity (Wildman–Crippen MR) is 150 cm³/mol. The van der Waals surface area contributed by atoms with Crippen LogP contribution in [0.5, 0.6) is 5.75 Å². The molecule has 0 aliphatic carbocycles. The smallest absolute Gasteiger partial charge is 0.251 e. The van der Waals surface area contributed by atoms with Gasteiger partial charge in [0.05, 0.1) is 24.2 Å². The van der Waals surface area contributed by atoms with Gasteiger partial charge in [0.1, 0.15) is 5.75 Å². The molecule has 2 N–H and O–H groups in total. The van der Waals surface area contributed by atoms with Crippen molar-refractivity contribution in [3.8, 4) is 5.75 Å². The van der Waals surface area contributed by atoms with Crippen molar-refractivity contribution >= 4 is 15.9 Å². The SMILES string of the molecule is COc1ccc(S(=O)(=O)N(CC(C)C)C[C@@H](O)[C@H](Cc2ccccc2)NC(=O)c2cc(C)ccc2C)cc1. The number of amides is 1. The lowest BCUT2D eigenvalue weighted by Crippen LogP contribution is -2.51. The van der Waals surface area contributed by atoms with Crippen molar-refractivity contribution < 1.29 is 23.1 Å². The molecule has 0 unspecified atom stereocenters. The molecule has 7 nitrogen and oxygen atoms in total. The monoisotopic (exact) mass is 538 g/mol. The van der Waals surface area contributed by atoms with Crippen molar-refractivity contribution in [3.05, 3.63) is 95.1 Å². The predicted octanol–water partition coefficient (Wildman–Crippen LogP) is 4.36. The number of aliphatic hydroxyl groups excluding tert-OH is 1. The Hall–Kier alpha value is -3.20. The van der Waals surface area contributed by atoms with Crippen LogP contribution >= 0.6 is 0 Å². The number of hydrogen-bond acceptors (Lipinski definition) is 5. The molecule has 0 bridgehead atoms. The molecule has 0 saturated heterocycles. The molecule has 0 heterocycles. The fourth-order valence-corrected chi connectivity index (χ4v) is 5.91. The Balaban J connectivity index is 1.90. The van der Waals surface area contributed by atoms with E-state index in [0.717, 1.165) is 16.7 Å². The van der Waals surface area contributed by atoms with Crippen molar-refractivity contribution in [1.82, 2.24) is 9.62 Å². The molecule has 0 fully saturated rings. The molecule has 0 saturated carbocycles. The third kappa shape index (κ3) is 7.66. The summed E-state index contributed by atoms with van der Waals surface area (Å²) in [6.07, 6.45) is -0.812. The Kier molecular flexibility index (Phi) is 10.1. The molecule has 0 aliphatic heterocycles. The van der Waals surface area contributed by atoms with Crippen LogP contribution in [-0.4, -0.2) is 56.1 Å². The summed E-state index contributed by atoms with van der Waals surface area (Å²) in [6.45, 7) is 7.67. The van der Waals surface area contributed by atoms with E-state index in [1.54, 1.807) is 12.1 Å². The molecule has 2 atom stereocenters. The van der Waals surface area contributed by atoms with Crippen LogP contribution in [0.2, 0.25) is 0 Å². The van der Waals surface area contributed by atoms with Gasteiger partial charge in [0.15, 0.2) is 0 Å². The molecule has 0 spiro atoms. The third-order valence-electron chi connectivity index (χ3n) is 6.37. The fraction of sp³-hybridized carbons (Fsp3) is 0.367. The summed E-state index contributed by atoms with van der Waals surface area (Å²) >= 11 is 0. The van der Waals surface area contributed by atoms with Gasteiger partial charge in [-0.05, 0) is 67.6 Å². The summed E-state index contributed by atoms with van der Waals surface area (Å²) in [6, 6.07) is 20.6. The maximum Gasteiger partial charge on any atom is 0.251 e. The Morgan fingerprint density at radius 2 is 1.63 bits per heavy atom. The number of nitrogens with one attached hydrogen (secondary N) is 1.